The van der Waals surface area contributed by atoms with Gasteiger partial charge in [-0.1, -0.05) is 42.0 Å². The maximum atomic E-state index is 5.00. The largest absolute Gasteiger partial charge is 0.337 e. The second kappa shape index (κ2) is 6.84. The number of aryl methyl sites for hydroxylation is 2. The topological polar surface area (TPSA) is 41.6 Å². The standard InChI is InChI=1S/C24H23N3/c1-15-5-8-19(9-6-15)22-23(20-11-13-25-14-12-20)27-24(26-22)21-10-7-16(2)17(3)18(21)4/h5-14H,1-4H3,(H,26,27). The van der Waals surface area contributed by atoms with Crippen LogP contribution in [0.15, 0.2) is 60.9 Å². The van der Waals surface area contributed by atoms with Gasteiger partial charge in [0.05, 0.1) is 11.4 Å². The monoisotopic (exact) mass is 353 g/mol. The summed E-state index contributed by atoms with van der Waals surface area (Å²) in [6, 6.07) is 16.9. The van der Waals surface area contributed by atoms with Gasteiger partial charge in [-0.25, -0.2) is 4.98 Å². The van der Waals surface area contributed by atoms with Crippen molar-refractivity contribution in [3.05, 3.63) is 83.2 Å². The highest BCUT2D eigenvalue weighted by Crippen LogP contribution is 2.34. The van der Waals surface area contributed by atoms with Crippen molar-refractivity contribution in [3.8, 4) is 33.9 Å². The van der Waals surface area contributed by atoms with E-state index >= 15 is 0 Å². The minimum atomic E-state index is 0.901. The van der Waals surface area contributed by atoms with E-state index in [1.165, 1.54) is 22.3 Å². The predicted octanol–water partition coefficient (Wildman–Crippen LogP) is 6.04. The van der Waals surface area contributed by atoms with E-state index in [9.17, 15) is 0 Å². The van der Waals surface area contributed by atoms with Crippen LogP contribution in [-0.2, 0) is 0 Å². The predicted molar refractivity (Wildman–Crippen MR) is 112 cm³/mol. The summed E-state index contributed by atoms with van der Waals surface area (Å²) >= 11 is 0. The molecule has 4 rings (SSSR count). The van der Waals surface area contributed by atoms with Crippen molar-refractivity contribution in [3.63, 3.8) is 0 Å². The van der Waals surface area contributed by atoms with E-state index in [0.29, 0.717) is 0 Å². The van der Waals surface area contributed by atoms with Crippen molar-refractivity contribution >= 4 is 0 Å². The van der Waals surface area contributed by atoms with E-state index in [0.717, 1.165) is 33.9 Å². The summed E-state index contributed by atoms with van der Waals surface area (Å²) in [6.07, 6.45) is 3.62. The summed E-state index contributed by atoms with van der Waals surface area (Å²) < 4.78 is 0. The molecule has 0 amide bonds. The second-order valence-electron chi connectivity index (χ2n) is 7.09. The molecule has 2 aromatic carbocycles. The second-order valence-corrected chi connectivity index (χ2v) is 7.09. The third kappa shape index (κ3) is 3.17. The number of nitrogens with one attached hydrogen (secondary N) is 1. The maximum absolute atomic E-state index is 5.00. The molecule has 0 radical (unpaired) electrons. The van der Waals surface area contributed by atoms with Crippen molar-refractivity contribution < 1.29 is 0 Å². The fourth-order valence-electron chi connectivity index (χ4n) is 3.36. The third-order valence-electron chi connectivity index (χ3n) is 5.31. The lowest BCUT2D eigenvalue weighted by molar-refractivity contribution is 1.23. The summed E-state index contributed by atoms with van der Waals surface area (Å²) in [7, 11) is 0. The number of nitrogens with zero attached hydrogens (tertiary/aromatic N) is 2. The highest BCUT2D eigenvalue weighted by molar-refractivity contribution is 5.81. The lowest BCUT2D eigenvalue weighted by Crippen LogP contribution is -1.92. The molecule has 0 spiro atoms. The Morgan fingerprint density at radius 1 is 0.704 bits per heavy atom. The first-order chi connectivity index (χ1) is 13.0. The minimum Gasteiger partial charge on any atom is -0.337 e. The molecule has 0 fully saturated rings. The van der Waals surface area contributed by atoms with Crippen LogP contribution in [-0.4, -0.2) is 15.0 Å². The number of aromatic nitrogens is 3. The molecule has 1 N–H and O–H groups in total. The van der Waals surface area contributed by atoms with Gasteiger partial charge in [-0.15, -0.1) is 0 Å². The number of hydrogen-bond donors (Lipinski definition) is 1. The quantitative estimate of drug-likeness (QED) is 0.488. The summed E-state index contributed by atoms with van der Waals surface area (Å²) in [5.74, 6) is 0.901. The Kier molecular flexibility index (Phi) is 4.36. The third-order valence-corrected chi connectivity index (χ3v) is 5.31. The van der Waals surface area contributed by atoms with Gasteiger partial charge >= 0.3 is 0 Å². The molecular formula is C24H23N3. The van der Waals surface area contributed by atoms with Gasteiger partial charge in [0.2, 0.25) is 0 Å². The average Bonchev–Trinajstić information content (AvgIpc) is 3.12. The molecule has 0 saturated heterocycles. The zero-order valence-electron chi connectivity index (χ0n) is 16.2. The van der Waals surface area contributed by atoms with Gasteiger partial charge in [0.15, 0.2) is 0 Å². The molecule has 134 valence electrons. The molecule has 0 aliphatic carbocycles. The first kappa shape index (κ1) is 17.2. The lowest BCUT2D eigenvalue weighted by atomic mass is 9.98. The summed E-state index contributed by atoms with van der Waals surface area (Å²) in [4.78, 5) is 12.7. The Bertz CT molecular complexity index is 1090. The molecule has 2 heterocycles. The molecule has 0 saturated carbocycles. The zero-order valence-corrected chi connectivity index (χ0v) is 16.2. The molecule has 4 aromatic rings. The molecule has 0 aliphatic heterocycles. The number of aromatic amines is 1. The summed E-state index contributed by atoms with van der Waals surface area (Å²) in [6.45, 7) is 8.58. The fraction of sp³-hybridized carbons (Fsp3) is 0.167. The van der Waals surface area contributed by atoms with Gasteiger partial charge in [-0.2, -0.15) is 0 Å². The summed E-state index contributed by atoms with van der Waals surface area (Å²) in [5.41, 5.74) is 10.4. The van der Waals surface area contributed by atoms with E-state index < -0.39 is 0 Å². The van der Waals surface area contributed by atoms with E-state index in [1.54, 1.807) is 0 Å². The number of hydrogen-bond acceptors (Lipinski definition) is 2. The molecule has 2 aromatic heterocycles. The average molecular weight is 353 g/mol. The zero-order chi connectivity index (χ0) is 19.0. The Labute approximate surface area is 160 Å². The molecule has 3 nitrogen and oxygen atoms in total. The molecule has 27 heavy (non-hydrogen) atoms. The minimum absolute atomic E-state index is 0.901. The maximum Gasteiger partial charge on any atom is 0.138 e. The molecule has 0 atom stereocenters. The fourth-order valence-corrected chi connectivity index (χ4v) is 3.36. The number of imidazole rings is 1. The van der Waals surface area contributed by atoms with Crippen molar-refractivity contribution in [1.82, 2.24) is 15.0 Å². The van der Waals surface area contributed by atoms with Gasteiger partial charge in [-0.3, -0.25) is 4.98 Å². The van der Waals surface area contributed by atoms with Gasteiger partial charge in [-0.05, 0) is 56.5 Å². The SMILES string of the molecule is Cc1ccc(-c2[nH]c(-c3ccc(C)c(C)c3C)nc2-c2ccncc2)cc1. The van der Waals surface area contributed by atoms with E-state index in [-0.39, 0.29) is 0 Å². The van der Waals surface area contributed by atoms with Crippen LogP contribution in [0.5, 0.6) is 0 Å². The van der Waals surface area contributed by atoms with Gasteiger partial charge in [0.25, 0.3) is 0 Å². The Morgan fingerprint density at radius 2 is 1.41 bits per heavy atom. The molecule has 0 aliphatic rings. The Balaban J connectivity index is 1.93. The van der Waals surface area contributed by atoms with Gasteiger partial charge in [0, 0.05) is 29.1 Å². The van der Waals surface area contributed by atoms with Crippen LogP contribution in [0.2, 0.25) is 0 Å². The highest BCUT2D eigenvalue weighted by atomic mass is 14.9. The number of H-pyrrole nitrogens is 1. The number of benzene rings is 2. The first-order valence-corrected chi connectivity index (χ1v) is 9.19. The smallest absolute Gasteiger partial charge is 0.138 e. The first-order valence-electron chi connectivity index (χ1n) is 9.19. The van der Waals surface area contributed by atoms with Crippen LogP contribution < -0.4 is 0 Å². The van der Waals surface area contributed by atoms with Crippen LogP contribution in [0, 0.1) is 27.7 Å². The molecular weight excluding hydrogens is 330 g/mol. The molecule has 0 bridgehead atoms. The Morgan fingerprint density at radius 3 is 2.11 bits per heavy atom. The van der Waals surface area contributed by atoms with E-state index in [1.807, 2.05) is 24.5 Å². The Hall–Kier alpha value is -3.20. The van der Waals surface area contributed by atoms with Gasteiger partial charge in [0.1, 0.15) is 5.82 Å². The van der Waals surface area contributed by atoms with Crippen molar-refractivity contribution in [2.24, 2.45) is 0 Å². The van der Waals surface area contributed by atoms with E-state index in [2.05, 4.69) is 74.1 Å². The van der Waals surface area contributed by atoms with Crippen molar-refractivity contribution in [2.75, 3.05) is 0 Å². The van der Waals surface area contributed by atoms with E-state index in [4.69, 9.17) is 4.98 Å². The molecule has 0 unspecified atom stereocenters. The van der Waals surface area contributed by atoms with Crippen LogP contribution in [0.25, 0.3) is 33.9 Å². The molecule has 3 heteroatoms. The van der Waals surface area contributed by atoms with Crippen LogP contribution in [0.3, 0.4) is 0 Å². The normalized spacial score (nSPS) is 11.0. The number of pyridine rings is 1. The van der Waals surface area contributed by atoms with Crippen molar-refractivity contribution in [1.29, 1.82) is 0 Å². The number of rotatable bonds is 3. The lowest BCUT2D eigenvalue weighted by Gasteiger charge is -2.09. The van der Waals surface area contributed by atoms with Crippen LogP contribution in [0.1, 0.15) is 22.3 Å². The van der Waals surface area contributed by atoms with Crippen LogP contribution in [0.4, 0.5) is 0 Å². The summed E-state index contributed by atoms with van der Waals surface area (Å²) in [5, 5.41) is 0. The van der Waals surface area contributed by atoms with Gasteiger partial charge < -0.3 is 4.98 Å². The van der Waals surface area contributed by atoms with Crippen LogP contribution >= 0.6 is 0 Å². The highest BCUT2D eigenvalue weighted by Gasteiger charge is 2.17. The van der Waals surface area contributed by atoms with Crippen molar-refractivity contribution in [2.45, 2.75) is 27.7 Å².